The summed E-state index contributed by atoms with van der Waals surface area (Å²) in [6, 6.07) is 6.00. The summed E-state index contributed by atoms with van der Waals surface area (Å²) in [6.45, 7) is 12.9. The monoisotopic (exact) mass is 445 g/mol. The number of carbonyl (C=O) groups is 2. The van der Waals surface area contributed by atoms with Crippen molar-refractivity contribution in [1.82, 2.24) is 24.9 Å². The highest BCUT2D eigenvalue weighted by Crippen LogP contribution is 2.23. The first-order chi connectivity index (χ1) is 14.7. The molecule has 3 rings (SSSR count). The summed E-state index contributed by atoms with van der Waals surface area (Å²) in [5.74, 6) is 0.128. The zero-order chi connectivity index (χ0) is 22.7. The molecule has 0 radical (unpaired) electrons. The van der Waals surface area contributed by atoms with Crippen molar-refractivity contribution in [1.29, 1.82) is 0 Å². The highest BCUT2D eigenvalue weighted by molar-refractivity contribution is 6.31. The Morgan fingerprint density at radius 1 is 1.13 bits per heavy atom. The number of nitrogens with zero attached hydrogens (tertiary/aromatic N) is 4. The molecule has 1 saturated heterocycles. The Labute approximate surface area is 189 Å². The molecule has 2 heterocycles. The molecule has 0 atom stereocenters. The van der Waals surface area contributed by atoms with Crippen molar-refractivity contribution in [2.24, 2.45) is 0 Å². The molecule has 0 unspecified atom stereocenters. The van der Waals surface area contributed by atoms with E-state index in [0.717, 1.165) is 28.2 Å². The van der Waals surface area contributed by atoms with Crippen molar-refractivity contribution >= 4 is 23.4 Å². The molecule has 2 aromatic rings. The quantitative estimate of drug-likeness (QED) is 0.742. The van der Waals surface area contributed by atoms with Crippen molar-refractivity contribution < 1.29 is 9.59 Å². The normalized spacial score (nSPS) is 14.9. The van der Waals surface area contributed by atoms with Gasteiger partial charge >= 0.3 is 0 Å². The summed E-state index contributed by atoms with van der Waals surface area (Å²) in [5.41, 5.74) is 4.67. The van der Waals surface area contributed by atoms with E-state index >= 15 is 0 Å². The number of amides is 2. The van der Waals surface area contributed by atoms with E-state index in [1.54, 1.807) is 0 Å². The van der Waals surface area contributed by atoms with Gasteiger partial charge in [-0.05, 0) is 52.3 Å². The summed E-state index contributed by atoms with van der Waals surface area (Å²) in [7, 11) is 0. The minimum Gasteiger partial charge on any atom is -0.353 e. The van der Waals surface area contributed by atoms with E-state index in [0.29, 0.717) is 44.2 Å². The van der Waals surface area contributed by atoms with Crippen LogP contribution in [-0.4, -0.2) is 70.2 Å². The van der Waals surface area contributed by atoms with Gasteiger partial charge in [-0.15, -0.1) is 0 Å². The number of piperazine rings is 1. The maximum absolute atomic E-state index is 13.0. The van der Waals surface area contributed by atoms with Crippen molar-refractivity contribution in [3.63, 3.8) is 0 Å². The first-order valence-corrected chi connectivity index (χ1v) is 11.1. The largest absolute Gasteiger partial charge is 0.353 e. The number of halogens is 1. The van der Waals surface area contributed by atoms with E-state index < -0.39 is 0 Å². The van der Waals surface area contributed by atoms with E-state index in [1.807, 2.05) is 62.4 Å². The molecule has 1 aliphatic rings. The lowest BCUT2D eigenvalue weighted by Crippen LogP contribution is -2.51. The van der Waals surface area contributed by atoms with Gasteiger partial charge in [-0.3, -0.25) is 14.5 Å². The minimum absolute atomic E-state index is 0.0321. The second-order valence-electron chi connectivity index (χ2n) is 8.55. The Morgan fingerprint density at radius 3 is 2.42 bits per heavy atom. The number of rotatable bonds is 6. The van der Waals surface area contributed by atoms with E-state index in [-0.39, 0.29) is 17.9 Å². The van der Waals surface area contributed by atoms with E-state index in [2.05, 4.69) is 15.3 Å². The SMILES string of the molecule is Cc1ccc(-n2nc(C)c(CC(=O)N3CCN(CC(=O)NC(C)C)CC3)c2C)cc1Cl. The third-order valence-electron chi connectivity index (χ3n) is 5.71. The number of nitrogens with one attached hydrogen (secondary N) is 1. The van der Waals surface area contributed by atoms with Crippen LogP contribution in [0.3, 0.4) is 0 Å². The molecule has 0 bridgehead atoms. The Hall–Kier alpha value is -2.38. The van der Waals surface area contributed by atoms with Gasteiger partial charge < -0.3 is 10.2 Å². The lowest BCUT2D eigenvalue weighted by Gasteiger charge is -2.34. The molecule has 1 aromatic carbocycles. The third-order valence-corrected chi connectivity index (χ3v) is 6.12. The molecular formula is C23H32ClN5O2. The van der Waals surface area contributed by atoms with E-state index in [1.165, 1.54) is 0 Å². The molecule has 0 spiro atoms. The van der Waals surface area contributed by atoms with Gasteiger partial charge in [0.05, 0.1) is 24.3 Å². The standard InChI is InChI=1S/C23H32ClN5O2/c1-15(2)25-22(30)14-27-8-10-28(11-9-27)23(31)13-20-17(4)26-29(18(20)5)19-7-6-16(3)21(24)12-19/h6-7,12,15H,8-11,13-14H2,1-5H3,(H,25,30). The summed E-state index contributed by atoms with van der Waals surface area (Å²) in [6.07, 6.45) is 0.324. The topological polar surface area (TPSA) is 70.5 Å². The maximum Gasteiger partial charge on any atom is 0.234 e. The van der Waals surface area contributed by atoms with Gasteiger partial charge in [-0.1, -0.05) is 17.7 Å². The lowest BCUT2D eigenvalue weighted by molar-refractivity contribution is -0.132. The predicted octanol–water partition coefficient (Wildman–Crippen LogP) is 2.66. The minimum atomic E-state index is 0.0321. The molecule has 1 aromatic heterocycles. The first kappa shape index (κ1) is 23.3. The van der Waals surface area contributed by atoms with Crippen LogP contribution in [0.15, 0.2) is 18.2 Å². The lowest BCUT2D eigenvalue weighted by atomic mass is 10.1. The average Bonchev–Trinajstić information content (AvgIpc) is 2.98. The number of aromatic nitrogens is 2. The van der Waals surface area contributed by atoms with Crippen LogP contribution >= 0.6 is 11.6 Å². The van der Waals surface area contributed by atoms with Gasteiger partial charge in [0, 0.05) is 48.5 Å². The average molecular weight is 446 g/mol. The Bertz CT molecular complexity index is 961. The molecule has 0 saturated carbocycles. The predicted molar refractivity (Wildman–Crippen MR) is 123 cm³/mol. The summed E-state index contributed by atoms with van der Waals surface area (Å²) < 4.78 is 1.86. The van der Waals surface area contributed by atoms with Crippen molar-refractivity contribution in [2.75, 3.05) is 32.7 Å². The molecule has 1 N–H and O–H groups in total. The maximum atomic E-state index is 13.0. The first-order valence-electron chi connectivity index (χ1n) is 10.8. The van der Waals surface area contributed by atoms with E-state index in [4.69, 9.17) is 11.6 Å². The van der Waals surface area contributed by atoms with Crippen LogP contribution in [0.25, 0.3) is 5.69 Å². The fourth-order valence-electron chi connectivity index (χ4n) is 3.88. The Morgan fingerprint density at radius 2 is 1.81 bits per heavy atom. The highest BCUT2D eigenvalue weighted by atomic mass is 35.5. The molecular weight excluding hydrogens is 414 g/mol. The fourth-order valence-corrected chi connectivity index (χ4v) is 4.06. The molecule has 7 nitrogen and oxygen atoms in total. The van der Waals surface area contributed by atoms with Crippen LogP contribution < -0.4 is 5.32 Å². The summed E-state index contributed by atoms with van der Waals surface area (Å²) in [5, 5.41) is 8.26. The summed E-state index contributed by atoms with van der Waals surface area (Å²) in [4.78, 5) is 28.9. The van der Waals surface area contributed by atoms with Gasteiger partial charge in [0.15, 0.2) is 0 Å². The number of hydrogen-bond acceptors (Lipinski definition) is 4. The molecule has 0 aliphatic carbocycles. The van der Waals surface area contributed by atoms with E-state index in [9.17, 15) is 9.59 Å². The van der Waals surface area contributed by atoms with Gasteiger partial charge in [0.1, 0.15) is 0 Å². The highest BCUT2D eigenvalue weighted by Gasteiger charge is 2.24. The third kappa shape index (κ3) is 5.66. The number of benzene rings is 1. The van der Waals surface area contributed by atoms with Crippen molar-refractivity contribution in [3.8, 4) is 5.69 Å². The fraction of sp³-hybridized carbons (Fsp3) is 0.522. The van der Waals surface area contributed by atoms with Crippen LogP contribution in [0.1, 0.15) is 36.4 Å². The van der Waals surface area contributed by atoms with Gasteiger partial charge in [-0.2, -0.15) is 5.10 Å². The number of hydrogen-bond donors (Lipinski definition) is 1. The molecule has 168 valence electrons. The van der Waals surface area contributed by atoms with Crippen LogP contribution in [0.2, 0.25) is 5.02 Å². The molecule has 1 aliphatic heterocycles. The second kappa shape index (κ2) is 9.83. The van der Waals surface area contributed by atoms with Crippen molar-refractivity contribution in [3.05, 3.63) is 45.7 Å². The molecule has 31 heavy (non-hydrogen) atoms. The Kier molecular flexibility index (Phi) is 7.38. The van der Waals surface area contributed by atoms with Gasteiger partial charge in [0.25, 0.3) is 0 Å². The molecule has 2 amide bonds. The number of aryl methyl sites for hydroxylation is 2. The Balaban J connectivity index is 1.62. The van der Waals surface area contributed by atoms with Crippen LogP contribution in [0.4, 0.5) is 0 Å². The molecule has 1 fully saturated rings. The van der Waals surface area contributed by atoms with Crippen LogP contribution in [0, 0.1) is 20.8 Å². The zero-order valence-electron chi connectivity index (χ0n) is 19.0. The smallest absolute Gasteiger partial charge is 0.234 e. The van der Waals surface area contributed by atoms with Crippen molar-refractivity contribution in [2.45, 2.75) is 47.1 Å². The van der Waals surface area contributed by atoms with Crippen LogP contribution in [0.5, 0.6) is 0 Å². The zero-order valence-corrected chi connectivity index (χ0v) is 19.8. The number of carbonyl (C=O) groups excluding carboxylic acids is 2. The van der Waals surface area contributed by atoms with Gasteiger partial charge in [-0.25, -0.2) is 4.68 Å². The van der Waals surface area contributed by atoms with Gasteiger partial charge in [0.2, 0.25) is 11.8 Å². The summed E-state index contributed by atoms with van der Waals surface area (Å²) >= 11 is 6.29. The molecule has 8 heteroatoms. The second-order valence-corrected chi connectivity index (χ2v) is 8.96. The van der Waals surface area contributed by atoms with Crippen LogP contribution in [-0.2, 0) is 16.0 Å².